The van der Waals surface area contributed by atoms with E-state index in [2.05, 4.69) is 37.9 Å². The summed E-state index contributed by atoms with van der Waals surface area (Å²) in [6.07, 6.45) is 3.43. The molecule has 1 heterocycles. The van der Waals surface area contributed by atoms with Gasteiger partial charge in [0.1, 0.15) is 5.82 Å². The number of hydrogen-bond acceptors (Lipinski definition) is 2. The number of piperazine rings is 1. The maximum Gasteiger partial charge on any atom is 0.123 e. The maximum absolute atomic E-state index is 13.1. The van der Waals surface area contributed by atoms with E-state index in [1.165, 1.54) is 5.56 Å². The van der Waals surface area contributed by atoms with E-state index < -0.39 is 0 Å². The van der Waals surface area contributed by atoms with Crippen LogP contribution >= 0.6 is 0 Å². The fourth-order valence-electron chi connectivity index (χ4n) is 3.47. The van der Waals surface area contributed by atoms with Crippen LogP contribution in [0, 0.1) is 5.82 Å². The van der Waals surface area contributed by atoms with E-state index >= 15 is 0 Å². The van der Waals surface area contributed by atoms with Gasteiger partial charge in [-0.3, -0.25) is 4.90 Å². The van der Waals surface area contributed by atoms with Gasteiger partial charge in [0.05, 0.1) is 0 Å². The second kappa shape index (κ2) is 6.89. The molecule has 1 aromatic carbocycles. The van der Waals surface area contributed by atoms with Crippen molar-refractivity contribution in [2.24, 2.45) is 0 Å². The molecule has 21 heavy (non-hydrogen) atoms. The summed E-state index contributed by atoms with van der Waals surface area (Å²) in [5, 5.41) is 3.78. The quantitative estimate of drug-likeness (QED) is 0.878. The Hall–Kier alpha value is -0.930. The highest BCUT2D eigenvalue weighted by atomic mass is 19.1. The molecule has 0 amide bonds. The SMILES string of the molecule is CCC1CNC(CC)(CC)CN1C(C)c1ccc(F)cc1. The Morgan fingerprint density at radius 1 is 1.24 bits per heavy atom. The summed E-state index contributed by atoms with van der Waals surface area (Å²) < 4.78 is 13.1. The molecular formula is C18H29FN2. The monoisotopic (exact) mass is 292 g/mol. The van der Waals surface area contributed by atoms with E-state index in [-0.39, 0.29) is 11.4 Å². The molecule has 2 rings (SSSR count). The van der Waals surface area contributed by atoms with Gasteiger partial charge in [-0.2, -0.15) is 0 Å². The van der Waals surface area contributed by atoms with Crippen molar-refractivity contribution in [3.05, 3.63) is 35.6 Å². The van der Waals surface area contributed by atoms with Gasteiger partial charge in [0, 0.05) is 30.7 Å². The van der Waals surface area contributed by atoms with Crippen LogP contribution in [-0.4, -0.2) is 29.6 Å². The van der Waals surface area contributed by atoms with Crippen LogP contribution < -0.4 is 5.32 Å². The first-order chi connectivity index (χ1) is 10.0. The zero-order valence-electron chi connectivity index (χ0n) is 13.8. The predicted octanol–water partition coefficient (Wildman–Crippen LogP) is 4.13. The maximum atomic E-state index is 13.1. The molecule has 1 saturated heterocycles. The van der Waals surface area contributed by atoms with Crippen molar-refractivity contribution >= 4 is 0 Å². The third kappa shape index (κ3) is 3.46. The Labute approximate surface area is 128 Å². The van der Waals surface area contributed by atoms with Crippen molar-refractivity contribution in [1.82, 2.24) is 10.2 Å². The summed E-state index contributed by atoms with van der Waals surface area (Å²) in [5.74, 6) is -0.158. The minimum absolute atomic E-state index is 0.158. The Morgan fingerprint density at radius 3 is 2.38 bits per heavy atom. The standard InChI is InChI=1S/C18H29FN2/c1-5-17-12-20-18(6-2,7-3)13-21(17)14(4)15-8-10-16(19)11-9-15/h8-11,14,17,20H,5-7,12-13H2,1-4H3. The third-order valence-corrected chi connectivity index (χ3v) is 5.34. The van der Waals surface area contributed by atoms with Crippen molar-refractivity contribution < 1.29 is 4.39 Å². The normalized spacial score (nSPS) is 24.0. The second-order valence-electron chi connectivity index (χ2n) is 6.33. The van der Waals surface area contributed by atoms with Crippen molar-refractivity contribution in [2.45, 2.75) is 64.6 Å². The lowest BCUT2D eigenvalue weighted by Crippen LogP contribution is -2.63. The van der Waals surface area contributed by atoms with Crippen LogP contribution in [-0.2, 0) is 0 Å². The molecule has 0 bridgehead atoms. The number of nitrogens with zero attached hydrogens (tertiary/aromatic N) is 1. The van der Waals surface area contributed by atoms with Crippen molar-refractivity contribution in [2.75, 3.05) is 13.1 Å². The third-order valence-electron chi connectivity index (χ3n) is 5.34. The zero-order valence-corrected chi connectivity index (χ0v) is 13.8. The average Bonchev–Trinajstić information content (AvgIpc) is 2.54. The first-order valence-electron chi connectivity index (χ1n) is 8.31. The Kier molecular flexibility index (Phi) is 5.39. The molecule has 0 spiro atoms. The van der Waals surface area contributed by atoms with Crippen LogP contribution in [0.25, 0.3) is 0 Å². The lowest BCUT2D eigenvalue weighted by molar-refractivity contribution is 0.0400. The van der Waals surface area contributed by atoms with E-state index in [0.29, 0.717) is 12.1 Å². The lowest BCUT2D eigenvalue weighted by atomic mass is 9.86. The number of rotatable bonds is 5. The van der Waals surface area contributed by atoms with Crippen molar-refractivity contribution in [3.8, 4) is 0 Å². The smallest absolute Gasteiger partial charge is 0.123 e. The number of benzene rings is 1. The molecule has 1 fully saturated rings. The summed E-state index contributed by atoms with van der Waals surface area (Å²) in [5.41, 5.74) is 1.43. The minimum atomic E-state index is -0.158. The summed E-state index contributed by atoms with van der Waals surface area (Å²) in [6, 6.07) is 7.87. The summed E-state index contributed by atoms with van der Waals surface area (Å²) in [7, 11) is 0. The molecule has 118 valence electrons. The highest BCUT2D eigenvalue weighted by Crippen LogP contribution is 2.31. The molecule has 0 aliphatic carbocycles. The molecule has 0 radical (unpaired) electrons. The number of halogens is 1. The molecule has 1 aromatic rings. The molecule has 1 aliphatic heterocycles. The molecule has 2 atom stereocenters. The van der Waals surface area contributed by atoms with Crippen LogP contribution in [0.15, 0.2) is 24.3 Å². The largest absolute Gasteiger partial charge is 0.308 e. The van der Waals surface area contributed by atoms with E-state index in [9.17, 15) is 4.39 Å². The van der Waals surface area contributed by atoms with Gasteiger partial charge in [0.2, 0.25) is 0 Å². The van der Waals surface area contributed by atoms with Gasteiger partial charge in [-0.05, 0) is 43.9 Å². The van der Waals surface area contributed by atoms with Crippen molar-refractivity contribution in [1.29, 1.82) is 0 Å². The van der Waals surface area contributed by atoms with Gasteiger partial charge in [-0.15, -0.1) is 0 Å². The zero-order chi connectivity index (χ0) is 15.5. The summed E-state index contributed by atoms with van der Waals surface area (Å²) in [4.78, 5) is 2.61. The van der Waals surface area contributed by atoms with E-state index in [0.717, 1.165) is 32.4 Å². The van der Waals surface area contributed by atoms with Gasteiger partial charge in [0.15, 0.2) is 0 Å². The van der Waals surface area contributed by atoms with Gasteiger partial charge in [0.25, 0.3) is 0 Å². The molecule has 1 aliphatic rings. The lowest BCUT2D eigenvalue weighted by Gasteiger charge is -2.49. The van der Waals surface area contributed by atoms with Crippen LogP contribution in [0.1, 0.15) is 58.6 Å². The molecule has 2 unspecified atom stereocenters. The number of nitrogens with one attached hydrogen (secondary N) is 1. The number of hydrogen-bond donors (Lipinski definition) is 1. The first kappa shape index (κ1) is 16.4. The van der Waals surface area contributed by atoms with E-state index in [4.69, 9.17) is 0 Å². The summed E-state index contributed by atoms with van der Waals surface area (Å²) in [6.45, 7) is 11.1. The summed E-state index contributed by atoms with van der Waals surface area (Å²) >= 11 is 0. The molecule has 1 N–H and O–H groups in total. The predicted molar refractivity (Wildman–Crippen MR) is 86.9 cm³/mol. The molecular weight excluding hydrogens is 263 g/mol. The van der Waals surface area contributed by atoms with Crippen LogP contribution in [0.4, 0.5) is 4.39 Å². The molecule has 0 saturated carbocycles. The molecule has 0 aromatic heterocycles. The fourth-order valence-corrected chi connectivity index (χ4v) is 3.47. The second-order valence-corrected chi connectivity index (χ2v) is 6.33. The Morgan fingerprint density at radius 2 is 1.86 bits per heavy atom. The van der Waals surface area contributed by atoms with Crippen LogP contribution in [0.5, 0.6) is 0 Å². The van der Waals surface area contributed by atoms with E-state index in [1.807, 2.05) is 12.1 Å². The van der Waals surface area contributed by atoms with Gasteiger partial charge in [-0.1, -0.05) is 32.9 Å². The first-order valence-corrected chi connectivity index (χ1v) is 8.31. The van der Waals surface area contributed by atoms with Crippen molar-refractivity contribution in [3.63, 3.8) is 0 Å². The highest BCUT2D eigenvalue weighted by Gasteiger charge is 2.38. The van der Waals surface area contributed by atoms with Gasteiger partial charge >= 0.3 is 0 Å². The Bertz CT molecular complexity index is 439. The van der Waals surface area contributed by atoms with Crippen LogP contribution in [0.2, 0.25) is 0 Å². The Balaban J connectivity index is 2.22. The van der Waals surface area contributed by atoms with E-state index in [1.54, 1.807) is 12.1 Å². The van der Waals surface area contributed by atoms with Crippen LogP contribution in [0.3, 0.4) is 0 Å². The topological polar surface area (TPSA) is 15.3 Å². The van der Waals surface area contributed by atoms with Gasteiger partial charge < -0.3 is 5.32 Å². The molecule has 3 heteroatoms. The highest BCUT2D eigenvalue weighted by molar-refractivity contribution is 5.20. The average molecular weight is 292 g/mol. The molecule has 2 nitrogen and oxygen atoms in total. The minimum Gasteiger partial charge on any atom is -0.308 e. The van der Waals surface area contributed by atoms with Gasteiger partial charge in [-0.25, -0.2) is 4.39 Å². The fraction of sp³-hybridized carbons (Fsp3) is 0.667.